The molecule has 2 aromatic rings. The molecule has 1 aliphatic carbocycles. The molecule has 27 heavy (non-hydrogen) atoms. The van der Waals surface area contributed by atoms with Crippen LogP contribution in [-0.4, -0.2) is 43.5 Å². The van der Waals surface area contributed by atoms with Gasteiger partial charge in [-0.15, -0.1) is 10.2 Å². The summed E-state index contributed by atoms with van der Waals surface area (Å²) >= 11 is 0. The molecule has 2 N–H and O–H groups in total. The van der Waals surface area contributed by atoms with Gasteiger partial charge in [0.05, 0.1) is 21.3 Å². The molecule has 1 heterocycles. The molecule has 8 nitrogen and oxygen atoms in total. The lowest BCUT2D eigenvalue weighted by Gasteiger charge is -2.14. The first-order chi connectivity index (χ1) is 13.1. The van der Waals surface area contributed by atoms with Crippen LogP contribution in [0.3, 0.4) is 0 Å². The highest BCUT2D eigenvalue weighted by molar-refractivity contribution is 6.03. The summed E-state index contributed by atoms with van der Waals surface area (Å²) in [5.41, 5.74) is 0.727. The molecule has 1 amide bonds. The van der Waals surface area contributed by atoms with E-state index < -0.39 is 0 Å². The van der Waals surface area contributed by atoms with Crippen LogP contribution >= 0.6 is 0 Å². The number of benzene rings is 1. The number of anilines is 2. The molecule has 0 radical (unpaired) electrons. The van der Waals surface area contributed by atoms with Crippen LogP contribution in [0.4, 0.5) is 11.5 Å². The lowest BCUT2D eigenvalue weighted by Crippen LogP contribution is -2.18. The highest BCUT2D eigenvalue weighted by Gasteiger charge is 2.17. The fraction of sp³-hybridized carbons (Fsp3) is 0.421. The fourth-order valence-electron chi connectivity index (χ4n) is 3.16. The van der Waals surface area contributed by atoms with E-state index in [-0.39, 0.29) is 11.6 Å². The van der Waals surface area contributed by atoms with Crippen molar-refractivity contribution in [1.82, 2.24) is 10.2 Å². The molecule has 8 heteroatoms. The second kappa shape index (κ2) is 8.57. The molecular formula is C19H24N4O4. The molecule has 3 rings (SSSR count). The molecule has 1 saturated carbocycles. The topological polar surface area (TPSA) is 94.6 Å². The number of methoxy groups -OCH3 is 3. The zero-order chi connectivity index (χ0) is 19.2. The van der Waals surface area contributed by atoms with Crippen LogP contribution in [0.2, 0.25) is 0 Å². The van der Waals surface area contributed by atoms with Gasteiger partial charge in [-0.05, 0) is 25.0 Å². The van der Waals surface area contributed by atoms with Crippen molar-refractivity contribution in [1.29, 1.82) is 0 Å². The number of nitrogens with zero attached hydrogens (tertiary/aromatic N) is 2. The van der Waals surface area contributed by atoms with Crippen LogP contribution in [0.25, 0.3) is 0 Å². The van der Waals surface area contributed by atoms with Gasteiger partial charge in [0.25, 0.3) is 5.91 Å². The van der Waals surface area contributed by atoms with Crippen molar-refractivity contribution in [2.75, 3.05) is 32.0 Å². The third-order valence-electron chi connectivity index (χ3n) is 4.53. The van der Waals surface area contributed by atoms with Gasteiger partial charge in [-0.3, -0.25) is 4.79 Å². The van der Waals surface area contributed by atoms with E-state index in [0.717, 1.165) is 12.8 Å². The predicted octanol–water partition coefficient (Wildman–Crippen LogP) is 3.11. The summed E-state index contributed by atoms with van der Waals surface area (Å²) in [5, 5.41) is 14.3. The molecule has 0 bridgehead atoms. The first-order valence-electron chi connectivity index (χ1n) is 8.86. The Morgan fingerprint density at radius 2 is 1.67 bits per heavy atom. The Morgan fingerprint density at radius 1 is 1.00 bits per heavy atom. The number of hydrogen-bond acceptors (Lipinski definition) is 7. The van der Waals surface area contributed by atoms with Gasteiger partial charge in [0, 0.05) is 23.9 Å². The molecule has 1 aromatic carbocycles. The van der Waals surface area contributed by atoms with E-state index in [2.05, 4.69) is 20.8 Å². The molecular weight excluding hydrogens is 348 g/mol. The second-order valence-corrected chi connectivity index (χ2v) is 6.30. The number of hydrogen-bond donors (Lipinski definition) is 2. The van der Waals surface area contributed by atoms with Crippen molar-refractivity contribution < 1.29 is 19.0 Å². The Balaban J connectivity index is 1.71. The Morgan fingerprint density at radius 3 is 2.19 bits per heavy atom. The van der Waals surface area contributed by atoms with Crippen LogP contribution in [0, 0.1) is 0 Å². The predicted molar refractivity (Wildman–Crippen MR) is 102 cm³/mol. The van der Waals surface area contributed by atoms with Gasteiger partial charge in [-0.1, -0.05) is 12.8 Å². The molecule has 0 atom stereocenters. The van der Waals surface area contributed by atoms with Crippen LogP contribution in [0.1, 0.15) is 36.2 Å². The maximum absolute atomic E-state index is 12.5. The highest BCUT2D eigenvalue weighted by atomic mass is 16.5. The van der Waals surface area contributed by atoms with Gasteiger partial charge in [0.1, 0.15) is 5.82 Å². The molecule has 0 unspecified atom stereocenters. The summed E-state index contributed by atoms with van der Waals surface area (Å²) in [6, 6.07) is 7.18. The smallest absolute Gasteiger partial charge is 0.276 e. The number of rotatable bonds is 7. The van der Waals surface area contributed by atoms with E-state index in [1.807, 2.05) is 0 Å². The third kappa shape index (κ3) is 4.39. The first-order valence-corrected chi connectivity index (χ1v) is 8.86. The average Bonchev–Trinajstić information content (AvgIpc) is 3.20. The summed E-state index contributed by atoms with van der Waals surface area (Å²) < 4.78 is 15.9. The maximum Gasteiger partial charge on any atom is 0.276 e. The third-order valence-corrected chi connectivity index (χ3v) is 4.53. The minimum Gasteiger partial charge on any atom is -0.493 e. The number of aromatic nitrogens is 2. The Hall–Kier alpha value is -3.03. The van der Waals surface area contributed by atoms with Gasteiger partial charge in [0.15, 0.2) is 17.2 Å². The Bertz CT molecular complexity index is 764. The standard InChI is InChI=1S/C19H24N4O4/c1-25-15-10-13(11-16(26-2)18(15)27-3)21-19(24)14-8-9-17(23-22-14)20-12-6-4-5-7-12/h8-12H,4-7H2,1-3H3,(H,20,23)(H,21,24). The largest absolute Gasteiger partial charge is 0.493 e. The van der Waals surface area contributed by atoms with Gasteiger partial charge in [-0.2, -0.15) is 0 Å². The molecule has 0 spiro atoms. The van der Waals surface area contributed by atoms with E-state index in [9.17, 15) is 4.79 Å². The normalized spacial score (nSPS) is 13.9. The van der Waals surface area contributed by atoms with Crippen molar-refractivity contribution in [3.8, 4) is 17.2 Å². The zero-order valence-electron chi connectivity index (χ0n) is 15.7. The van der Waals surface area contributed by atoms with Crippen molar-refractivity contribution in [3.63, 3.8) is 0 Å². The summed E-state index contributed by atoms with van der Waals surface area (Å²) in [7, 11) is 4.56. The van der Waals surface area contributed by atoms with Crippen LogP contribution in [-0.2, 0) is 0 Å². The highest BCUT2D eigenvalue weighted by Crippen LogP contribution is 2.40. The monoisotopic (exact) mass is 372 g/mol. The van der Waals surface area contributed by atoms with Crippen LogP contribution < -0.4 is 24.8 Å². The van der Waals surface area contributed by atoms with Crippen molar-refractivity contribution >= 4 is 17.4 Å². The Kier molecular flexibility index (Phi) is 5.95. The van der Waals surface area contributed by atoms with E-state index in [1.165, 1.54) is 34.2 Å². The van der Waals surface area contributed by atoms with Gasteiger partial charge in [0.2, 0.25) is 5.75 Å². The van der Waals surface area contributed by atoms with Crippen LogP contribution in [0.15, 0.2) is 24.3 Å². The number of nitrogens with one attached hydrogen (secondary N) is 2. The maximum atomic E-state index is 12.5. The number of carbonyl (C=O) groups is 1. The van der Waals surface area contributed by atoms with E-state index >= 15 is 0 Å². The first kappa shape index (κ1) is 18.8. The van der Waals surface area contributed by atoms with Crippen LogP contribution in [0.5, 0.6) is 17.2 Å². The van der Waals surface area contributed by atoms with Gasteiger partial charge < -0.3 is 24.8 Å². The Labute approximate surface area is 158 Å². The van der Waals surface area contributed by atoms with E-state index in [0.29, 0.717) is 34.8 Å². The van der Waals surface area contributed by atoms with Crippen molar-refractivity contribution in [2.45, 2.75) is 31.7 Å². The molecule has 1 aromatic heterocycles. The van der Waals surface area contributed by atoms with Gasteiger partial charge in [-0.25, -0.2) is 0 Å². The number of carbonyl (C=O) groups excluding carboxylic acids is 1. The lowest BCUT2D eigenvalue weighted by atomic mass is 10.2. The number of amides is 1. The summed E-state index contributed by atoms with van der Waals surface area (Å²) in [5.74, 6) is 1.68. The fourth-order valence-corrected chi connectivity index (χ4v) is 3.16. The molecule has 1 aliphatic rings. The molecule has 0 saturated heterocycles. The molecule has 144 valence electrons. The minimum atomic E-state index is -0.371. The van der Waals surface area contributed by atoms with E-state index in [4.69, 9.17) is 14.2 Å². The SMILES string of the molecule is COc1cc(NC(=O)c2ccc(NC3CCCC3)nn2)cc(OC)c1OC. The average molecular weight is 372 g/mol. The minimum absolute atomic E-state index is 0.223. The molecule has 1 fully saturated rings. The van der Waals surface area contributed by atoms with Crippen molar-refractivity contribution in [2.24, 2.45) is 0 Å². The van der Waals surface area contributed by atoms with Gasteiger partial charge >= 0.3 is 0 Å². The summed E-state index contributed by atoms with van der Waals surface area (Å²) in [6.07, 6.45) is 4.76. The lowest BCUT2D eigenvalue weighted by molar-refractivity contribution is 0.102. The quantitative estimate of drug-likeness (QED) is 0.771. The second-order valence-electron chi connectivity index (χ2n) is 6.30. The summed E-state index contributed by atoms with van der Waals surface area (Å²) in [6.45, 7) is 0. The number of ether oxygens (including phenoxy) is 3. The molecule has 0 aliphatic heterocycles. The zero-order valence-corrected chi connectivity index (χ0v) is 15.7. The summed E-state index contributed by atoms with van der Waals surface area (Å²) in [4.78, 5) is 12.5. The van der Waals surface area contributed by atoms with E-state index in [1.54, 1.807) is 24.3 Å². The van der Waals surface area contributed by atoms with Crippen molar-refractivity contribution in [3.05, 3.63) is 30.0 Å².